The Kier molecular flexibility index (Phi) is 6.82. The van der Waals surface area contributed by atoms with Gasteiger partial charge in [-0.1, -0.05) is 62.4 Å². The Morgan fingerprint density at radius 1 is 0.857 bits per heavy atom. The number of hydrogen-bond acceptors (Lipinski definition) is 4. The van der Waals surface area contributed by atoms with E-state index in [0.717, 1.165) is 29.5 Å². The number of carbonyl (C=O) groups excluding carboxylic acids is 3. The molecule has 3 aromatic carbocycles. The summed E-state index contributed by atoms with van der Waals surface area (Å²) >= 11 is 0. The Balaban J connectivity index is 1.85. The van der Waals surface area contributed by atoms with Crippen molar-refractivity contribution in [1.29, 1.82) is 0 Å². The standard InChI is InChI=1S/C29H28N2O4/c1-4-19-6-10-21(11-7-19)26-25(27(33)22-12-8-20(5-2)9-13-22)28(34)29(35)31(26)24-16-14-23(15-17-24)30-18(3)32/h6-17,26,33H,4-5H2,1-3H3,(H,30,32)/b27-25+. The number of hydrogen-bond donors (Lipinski definition) is 2. The van der Waals surface area contributed by atoms with Crippen molar-refractivity contribution in [2.75, 3.05) is 10.2 Å². The maximum Gasteiger partial charge on any atom is 0.300 e. The molecule has 178 valence electrons. The first kappa shape index (κ1) is 24.0. The summed E-state index contributed by atoms with van der Waals surface area (Å²) < 4.78 is 0. The van der Waals surface area contributed by atoms with Gasteiger partial charge in [-0.25, -0.2) is 0 Å². The Labute approximate surface area is 204 Å². The van der Waals surface area contributed by atoms with Crippen LogP contribution in [0, 0.1) is 0 Å². The van der Waals surface area contributed by atoms with Crippen molar-refractivity contribution in [2.24, 2.45) is 0 Å². The number of ketones is 1. The van der Waals surface area contributed by atoms with Crippen molar-refractivity contribution in [2.45, 2.75) is 39.7 Å². The summed E-state index contributed by atoms with van der Waals surface area (Å²) in [4.78, 5) is 39.4. The van der Waals surface area contributed by atoms with Crippen LogP contribution in [0.3, 0.4) is 0 Å². The molecule has 1 aliphatic heterocycles. The minimum absolute atomic E-state index is 0.0504. The number of benzene rings is 3. The lowest BCUT2D eigenvalue weighted by Gasteiger charge is -2.26. The van der Waals surface area contributed by atoms with Crippen molar-refractivity contribution >= 4 is 34.7 Å². The van der Waals surface area contributed by atoms with Crippen LogP contribution in [0.1, 0.15) is 49.1 Å². The maximum atomic E-state index is 13.3. The third-order valence-electron chi connectivity index (χ3n) is 6.25. The number of nitrogens with one attached hydrogen (secondary N) is 1. The summed E-state index contributed by atoms with van der Waals surface area (Å²) in [5.74, 6) is -1.86. The third kappa shape index (κ3) is 4.73. The molecular weight excluding hydrogens is 440 g/mol. The van der Waals surface area contributed by atoms with Crippen molar-refractivity contribution in [3.05, 3.63) is 101 Å². The summed E-state index contributed by atoms with van der Waals surface area (Å²) in [6.07, 6.45) is 1.71. The molecule has 1 atom stereocenters. The van der Waals surface area contributed by atoms with Crippen LogP contribution in [-0.2, 0) is 27.2 Å². The van der Waals surface area contributed by atoms with E-state index in [1.54, 1.807) is 36.4 Å². The first-order chi connectivity index (χ1) is 16.8. The van der Waals surface area contributed by atoms with Crippen LogP contribution in [0.15, 0.2) is 78.4 Å². The van der Waals surface area contributed by atoms with Gasteiger partial charge in [0.15, 0.2) is 0 Å². The second-order valence-corrected chi connectivity index (χ2v) is 8.54. The van der Waals surface area contributed by atoms with Crippen LogP contribution >= 0.6 is 0 Å². The number of aryl methyl sites for hydroxylation is 2. The molecule has 2 N–H and O–H groups in total. The molecule has 0 aliphatic carbocycles. The van der Waals surface area contributed by atoms with Gasteiger partial charge in [-0.2, -0.15) is 0 Å². The molecule has 0 bridgehead atoms. The minimum Gasteiger partial charge on any atom is -0.507 e. The van der Waals surface area contributed by atoms with Crippen LogP contribution in [0.5, 0.6) is 0 Å². The van der Waals surface area contributed by atoms with Gasteiger partial charge in [-0.15, -0.1) is 0 Å². The van der Waals surface area contributed by atoms with Crippen LogP contribution in [0.25, 0.3) is 5.76 Å². The number of aliphatic hydroxyl groups is 1. The number of carbonyl (C=O) groups is 3. The summed E-state index contributed by atoms with van der Waals surface area (Å²) in [5, 5.41) is 13.9. The molecule has 0 saturated carbocycles. The highest BCUT2D eigenvalue weighted by atomic mass is 16.3. The van der Waals surface area contributed by atoms with E-state index in [-0.39, 0.29) is 17.2 Å². The molecule has 0 aromatic heterocycles. The molecule has 6 nitrogen and oxygen atoms in total. The van der Waals surface area contributed by atoms with Gasteiger partial charge in [0.1, 0.15) is 5.76 Å². The molecule has 6 heteroatoms. The van der Waals surface area contributed by atoms with E-state index in [2.05, 4.69) is 12.2 Å². The topological polar surface area (TPSA) is 86.7 Å². The molecule has 35 heavy (non-hydrogen) atoms. The zero-order chi connectivity index (χ0) is 25.1. The largest absolute Gasteiger partial charge is 0.507 e. The van der Waals surface area contributed by atoms with E-state index < -0.39 is 17.7 Å². The fourth-order valence-electron chi connectivity index (χ4n) is 4.31. The van der Waals surface area contributed by atoms with E-state index in [1.807, 2.05) is 43.3 Å². The number of amides is 2. The summed E-state index contributed by atoms with van der Waals surface area (Å²) in [7, 11) is 0. The van der Waals surface area contributed by atoms with E-state index in [9.17, 15) is 19.5 Å². The lowest BCUT2D eigenvalue weighted by atomic mass is 9.94. The first-order valence-electron chi connectivity index (χ1n) is 11.7. The van der Waals surface area contributed by atoms with Crippen molar-refractivity contribution in [3.63, 3.8) is 0 Å². The average Bonchev–Trinajstić information content (AvgIpc) is 3.14. The SMILES string of the molecule is CCc1ccc(/C(O)=C2\C(=O)C(=O)N(c3ccc(NC(C)=O)cc3)C2c2ccc(CC)cc2)cc1. The zero-order valence-electron chi connectivity index (χ0n) is 20.0. The second kappa shape index (κ2) is 9.97. The van der Waals surface area contributed by atoms with E-state index in [4.69, 9.17) is 0 Å². The molecule has 1 heterocycles. The van der Waals surface area contributed by atoms with Gasteiger partial charge < -0.3 is 10.4 Å². The first-order valence-corrected chi connectivity index (χ1v) is 11.7. The molecule has 4 rings (SSSR count). The van der Waals surface area contributed by atoms with Gasteiger partial charge in [0.2, 0.25) is 5.91 Å². The van der Waals surface area contributed by atoms with Crippen LogP contribution in [0.2, 0.25) is 0 Å². The number of rotatable bonds is 6. The van der Waals surface area contributed by atoms with Crippen LogP contribution < -0.4 is 10.2 Å². The lowest BCUT2D eigenvalue weighted by Crippen LogP contribution is -2.29. The van der Waals surface area contributed by atoms with Crippen molar-refractivity contribution in [1.82, 2.24) is 0 Å². The van der Waals surface area contributed by atoms with Crippen molar-refractivity contribution < 1.29 is 19.5 Å². The number of anilines is 2. The highest BCUT2D eigenvalue weighted by Crippen LogP contribution is 2.42. The summed E-state index contributed by atoms with van der Waals surface area (Å²) in [5.41, 5.74) is 4.56. The van der Waals surface area contributed by atoms with Crippen molar-refractivity contribution in [3.8, 4) is 0 Å². The van der Waals surface area contributed by atoms with E-state index in [0.29, 0.717) is 16.9 Å². The monoisotopic (exact) mass is 468 g/mol. The summed E-state index contributed by atoms with van der Waals surface area (Å²) in [6, 6.07) is 21.0. The minimum atomic E-state index is -0.793. The molecule has 1 saturated heterocycles. The molecule has 1 aliphatic rings. The molecule has 0 spiro atoms. The Morgan fingerprint density at radius 2 is 1.40 bits per heavy atom. The van der Waals surface area contributed by atoms with E-state index >= 15 is 0 Å². The fraction of sp³-hybridized carbons (Fsp3) is 0.207. The molecule has 2 amide bonds. The Hall–Kier alpha value is -4.19. The van der Waals surface area contributed by atoms with Gasteiger partial charge in [0, 0.05) is 23.9 Å². The number of Topliss-reactive ketones (excluding diaryl/α,β-unsaturated/α-hetero) is 1. The van der Waals surface area contributed by atoms with Gasteiger partial charge in [0.25, 0.3) is 11.7 Å². The Bertz CT molecular complexity index is 1290. The fourth-order valence-corrected chi connectivity index (χ4v) is 4.31. The van der Waals surface area contributed by atoms with Gasteiger partial charge >= 0.3 is 0 Å². The molecule has 3 aromatic rings. The van der Waals surface area contributed by atoms with E-state index in [1.165, 1.54) is 11.8 Å². The number of nitrogens with zero attached hydrogens (tertiary/aromatic N) is 1. The number of aliphatic hydroxyl groups excluding tert-OH is 1. The Morgan fingerprint density at radius 3 is 1.91 bits per heavy atom. The normalized spacial score (nSPS) is 17.0. The van der Waals surface area contributed by atoms with Crippen LogP contribution in [0.4, 0.5) is 11.4 Å². The second-order valence-electron chi connectivity index (χ2n) is 8.54. The zero-order valence-corrected chi connectivity index (χ0v) is 20.0. The quantitative estimate of drug-likeness (QED) is 0.288. The average molecular weight is 469 g/mol. The molecule has 1 fully saturated rings. The third-order valence-corrected chi connectivity index (χ3v) is 6.25. The lowest BCUT2D eigenvalue weighted by molar-refractivity contribution is -0.132. The smallest absolute Gasteiger partial charge is 0.300 e. The highest BCUT2D eigenvalue weighted by Gasteiger charge is 2.46. The highest BCUT2D eigenvalue weighted by molar-refractivity contribution is 6.51. The summed E-state index contributed by atoms with van der Waals surface area (Å²) in [6.45, 7) is 5.51. The van der Waals surface area contributed by atoms with Gasteiger partial charge in [0.05, 0.1) is 11.6 Å². The predicted octanol–water partition coefficient (Wildman–Crippen LogP) is 5.40. The van der Waals surface area contributed by atoms with Gasteiger partial charge in [-0.3, -0.25) is 19.3 Å². The predicted molar refractivity (Wildman–Crippen MR) is 137 cm³/mol. The van der Waals surface area contributed by atoms with Crippen LogP contribution in [-0.4, -0.2) is 22.7 Å². The molecule has 0 radical (unpaired) electrons. The maximum absolute atomic E-state index is 13.3. The molecule has 1 unspecified atom stereocenters. The molecular formula is C29H28N2O4. The van der Waals surface area contributed by atoms with Gasteiger partial charge in [-0.05, 0) is 53.8 Å².